The zero-order valence-corrected chi connectivity index (χ0v) is 8.35. The quantitative estimate of drug-likeness (QED) is 0.746. The first-order chi connectivity index (χ1) is 6.40. The van der Waals surface area contributed by atoms with Crippen molar-refractivity contribution in [2.45, 2.75) is 0 Å². The molecule has 0 amide bonds. The van der Waals surface area contributed by atoms with E-state index in [1.165, 1.54) is 0 Å². The van der Waals surface area contributed by atoms with E-state index in [0.29, 0.717) is 0 Å². The van der Waals surface area contributed by atoms with Crippen molar-refractivity contribution >= 4 is 29.2 Å². The molecular weight excluding hydrogens is 202 g/mol. The topological polar surface area (TPSA) is 37.8 Å². The minimum atomic E-state index is 0.933. The van der Waals surface area contributed by atoms with Gasteiger partial charge in [-0.2, -0.15) is 0 Å². The number of pyridine rings is 1. The van der Waals surface area contributed by atoms with Crippen molar-refractivity contribution in [3.8, 4) is 10.6 Å². The fourth-order valence-electron chi connectivity index (χ4n) is 0.949. The number of nitrogens with zero attached hydrogens (tertiary/aromatic N) is 2. The Labute approximate surface area is 85.4 Å². The highest BCUT2D eigenvalue weighted by molar-refractivity contribution is 7.82. The maximum Gasteiger partial charge on any atom is 0.126 e. The van der Waals surface area contributed by atoms with Crippen LogP contribution in [0.2, 0.25) is 0 Å². The lowest BCUT2D eigenvalue weighted by Crippen LogP contribution is -1.75. The van der Waals surface area contributed by atoms with Crippen LogP contribution in [0.5, 0.6) is 0 Å². The SMILES string of the molecule is SNc1cnc(-c2cccnc2)s1. The minimum Gasteiger partial charge on any atom is -0.323 e. The van der Waals surface area contributed by atoms with Gasteiger partial charge in [0.2, 0.25) is 0 Å². The van der Waals surface area contributed by atoms with Gasteiger partial charge in [0.1, 0.15) is 10.0 Å². The highest BCUT2D eigenvalue weighted by Crippen LogP contribution is 2.27. The molecule has 1 N–H and O–H groups in total. The average Bonchev–Trinajstić information content (AvgIpc) is 2.67. The number of aromatic nitrogens is 2. The third-order valence-corrected chi connectivity index (χ3v) is 2.88. The van der Waals surface area contributed by atoms with Crippen molar-refractivity contribution in [1.29, 1.82) is 0 Å². The number of anilines is 1. The highest BCUT2D eigenvalue weighted by Gasteiger charge is 2.02. The molecule has 0 aromatic carbocycles. The van der Waals surface area contributed by atoms with Crippen LogP contribution in [0.25, 0.3) is 10.6 Å². The molecule has 2 aromatic rings. The Bertz CT molecular complexity index is 385. The fourth-order valence-corrected chi connectivity index (χ4v) is 1.85. The van der Waals surface area contributed by atoms with E-state index in [1.807, 2.05) is 12.1 Å². The van der Waals surface area contributed by atoms with Gasteiger partial charge in [-0.15, -0.1) is 0 Å². The van der Waals surface area contributed by atoms with E-state index < -0.39 is 0 Å². The molecule has 0 radical (unpaired) electrons. The summed E-state index contributed by atoms with van der Waals surface area (Å²) in [6.45, 7) is 0. The molecule has 0 saturated heterocycles. The summed E-state index contributed by atoms with van der Waals surface area (Å²) in [5.74, 6) is 0. The predicted octanol–water partition coefficient (Wildman–Crippen LogP) is 2.46. The summed E-state index contributed by atoms with van der Waals surface area (Å²) in [7, 11) is 0. The minimum absolute atomic E-state index is 0.933. The summed E-state index contributed by atoms with van der Waals surface area (Å²) >= 11 is 5.49. The standard InChI is InChI=1S/C8H7N3S2/c12-11-7-5-10-8(13-7)6-2-1-3-9-4-6/h1-5,11-12H. The normalized spacial score (nSPS) is 9.92. The van der Waals surface area contributed by atoms with Crippen LogP contribution in [0, 0.1) is 0 Å². The Morgan fingerprint density at radius 2 is 2.31 bits per heavy atom. The maximum atomic E-state index is 4.22. The Kier molecular flexibility index (Phi) is 2.47. The molecule has 0 bridgehead atoms. The lowest BCUT2D eigenvalue weighted by Gasteiger charge is -1.92. The molecule has 0 atom stereocenters. The molecule has 0 aliphatic heterocycles. The van der Waals surface area contributed by atoms with Crippen LogP contribution in [-0.2, 0) is 0 Å². The Morgan fingerprint density at radius 1 is 1.38 bits per heavy atom. The molecule has 66 valence electrons. The van der Waals surface area contributed by atoms with Gasteiger partial charge in [0, 0.05) is 18.0 Å². The summed E-state index contributed by atoms with van der Waals surface area (Å²) < 4.78 is 2.75. The fraction of sp³-hybridized carbons (Fsp3) is 0. The third-order valence-electron chi connectivity index (χ3n) is 1.52. The molecule has 5 heteroatoms. The second-order valence-electron chi connectivity index (χ2n) is 2.38. The molecule has 0 aliphatic rings. The zero-order chi connectivity index (χ0) is 9.10. The lowest BCUT2D eigenvalue weighted by molar-refractivity contribution is 1.31. The number of nitrogens with one attached hydrogen (secondary N) is 1. The highest BCUT2D eigenvalue weighted by atomic mass is 32.1. The van der Waals surface area contributed by atoms with E-state index in [9.17, 15) is 0 Å². The van der Waals surface area contributed by atoms with Gasteiger partial charge in [0.25, 0.3) is 0 Å². The van der Waals surface area contributed by atoms with Crippen molar-refractivity contribution in [3.63, 3.8) is 0 Å². The van der Waals surface area contributed by atoms with Crippen LogP contribution < -0.4 is 4.72 Å². The summed E-state index contributed by atoms with van der Waals surface area (Å²) in [6.07, 6.45) is 5.29. The van der Waals surface area contributed by atoms with E-state index in [-0.39, 0.29) is 0 Å². The van der Waals surface area contributed by atoms with Gasteiger partial charge >= 0.3 is 0 Å². The first kappa shape index (κ1) is 8.52. The number of rotatable bonds is 2. The predicted molar refractivity (Wildman–Crippen MR) is 58.0 cm³/mol. The van der Waals surface area contributed by atoms with Gasteiger partial charge in [0.15, 0.2) is 0 Å². The lowest BCUT2D eigenvalue weighted by atomic mass is 10.3. The largest absolute Gasteiger partial charge is 0.323 e. The van der Waals surface area contributed by atoms with E-state index >= 15 is 0 Å². The number of hydrogen-bond acceptors (Lipinski definition) is 5. The van der Waals surface area contributed by atoms with Crippen LogP contribution in [0.3, 0.4) is 0 Å². The molecule has 3 nitrogen and oxygen atoms in total. The summed E-state index contributed by atoms with van der Waals surface area (Å²) in [5, 5.41) is 1.88. The summed E-state index contributed by atoms with van der Waals surface area (Å²) in [6, 6.07) is 3.87. The van der Waals surface area contributed by atoms with Crippen LogP contribution >= 0.6 is 24.2 Å². The molecule has 0 fully saturated rings. The van der Waals surface area contributed by atoms with Gasteiger partial charge in [-0.25, -0.2) is 4.98 Å². The second kappa shape index (κ2) is 3.76. The molecule has 0 aliphatic carbocycles. The maximum absolute atomic E-state index is 4.22. The monoisotopic (exact) mass is 209 g/mol. The van der Waals surface area contributed by atoms with E-state index in [0.717, 1.165) is 15.6 Å². The van der Waals surface area contributed by atoms with Gasteiger partial charge in [-0.05, 0) is 12.1 Å². The van der Waals surface area contributed by atoms with Gasteiger partial charge < -0.3 is 4.72 Å². The average molecular weight is 209 g/mol. The van der Waals surface area contributed by atoms with Crippen molar-refractivity contribution in [3.05, 3.63) is 30.7 Å². The van der Waals surface area contributed by atoms with Crippen molar-refractivity contribution in [2.75, 3.05) is 4.72 Å². The third kappa shape index (κ3) is 1.81. The van der Waals surface area contributed by atoms with E-state index in [4.69, 9.17) is 0 Å². The molecule has 0 unspecified atom stereocenters. The summed E-state index contributed by atoms with van der Waals surface area (Å²) in [5.41, 5.74) is 1.03. The molecule has 0 spiro atoms. The Morgan fingerprint density at radius 3 is 2.92 bits per heavy atom. The van der Waals surface area contributed by atoms with Crippen molar-refractivity contribution in [1.82, 2.24) is 9.97 Å². The van der Waals surface area contributed by atoms with Gasteiger partial charge in [-0.1, -0.05) is 24.2 Å². The number of hydrogen-bond donors (Lipinski definition) is 2. The Balaban J connectivity index is 2.36. The van der Waals surface area contributed by atoms with Crippen LogP contribution in [0.15, 0.2) is 30.7 Å². The second-order valence-corrected chi connectivity index (χ2v) is 3.64. The van der Waals surface area contributed by atoms with Crippen LogP contribution in [0.1, 0.15) is 0 Å². The van der Waals surface area contributed by atoms with Gasteiger partial charge in [-0.3, -0.25) is 4.98 Å². The van der Waals surface area contributed by atoms with Crippen molar-refractivity contribution < 1.29 is 0 Å². The van der Waals surface area contributed by atoms with E-state index in [1.54, 1.807) is 29.9 Å². The zero-order valence-electron chi connectivity index (χ0n) is 6.64. The number of thiazole rings is 1. The first-order valence-electron chi connectivity index (χ1n) is 3.66. The molecule has 2 aromatic heterocycles. The molecule has 2 heterocycles. The molecule has 13 heavy (non-hydrogen) atoms. The molecule has 2 rings (SSSR count). The van der Waals surface area contributed by atoms with Crippen LogP contribution in [0.4, 0.5) is 5.00 Å². The summed E-state index contributed by atoms with van der Waals surface area (Å²) in [4.78, 5) is 8.25. The van der Waals surface area contributed by atoms with E-state index in [2.05, 4.69) is 27.5 Å². The van der Waals surface area contributed by atoms with Crippen molar-refractivity contribution in [2.24, 2.45) is 0 Å². The number of thiol groups is 1. The Hall–Kier alpha value is -1.07. The molecular formula is C8H7N3S2. The molecule has 0 saturated carbocycles. The van der Waals surface area contributed by atoms with Gasteiger partial charge in [0.05, 0.1) is 6.20 Å². The smallest absolute Gasteiger partial charge is 0.126 e. The van der Waals surface area contributed by atoms with Crippen LogP contribution in [-0.4, -0.2) is 9.97 Å². The first-order valence-corrected chi connectivity index (χ1v) is 4.93.